The van der Waals surface area contributed by atoms with E-state index in [2.05, 4.69) is 25.3 Å². The average molecular weight is 425 g/mol. The molecule has 1 aliphatic heterocycles. The summed E-state index contributed by atoms with van der Waals surface area (Å²) in [5.74, 6) is 3.45. The van der Waals surface area contributed by atoms with Crippen molar-refractivity contribution >= 4 is 29.0 Å². The number of methoxy groups -OCH3 is 1. The van der Waals surface area contributed by atoms with Crippen molar-refractivity contribution in [3.8, 4) is 11.7 Å². The van der Waals surface area contributed by atoms with Gasteiger partial charge in [0.25, 0.3) is 5.95 Å². The van der Waals surface area contributed by atoms with Gasteiger partial charge >= 0.3 is 0 Å². The molecule has 0 unspecified atom stereocenters. The van der Waals surface area contributed by atoms with Crippen LogP contribution in [0, 0.1) is 0 Å². The molecule has 0 spiro atoms. The van der Waals surface area contributed by atoms with E-state index in [-0.39, 0.29) is 5.91 Å². The molecule has 1 aromatic carbocycles. The molecule has 9 heteroatoms. The van der Waals surface area contributed by atoms with Crippen LogP contribution in [0.4, 0.5) is 11.4 Å². The number of hydrogen-bond acceptors (Lipinski definition) is 7. The minimum Gasteiger partial charge on any atom is -0.497 e. The van der Waals surface area contributed by atoms with E-state index in [1.165, 1.54) is 0 Å². The number of rotatable bonds is 7. The van der Waals surface area contributed by atoms with Gasteiger partial charge in [0, 0.05) is 31.0 Å². The van der Waals surface area contributed by atoms with E-state index < -0.39 is 0 Å². The average Bonchev–Trinajstić information content (AvgIpc) is 3.27. The number of carbonyl (C=O) groups is 1. The highest BCUT2D eigenvalue weighted by Gasteiger charge is 2.13. The Morgan fingerprint density at radius 3 is 2.77 bits per heavy atom. The fourth-order valence-electron chi connectivity index (χ4n) is 3.22. The van der Waals surface area contributed by atoms with E-state index in [1.54, 1.807) is 24.2 Å². The first-order valence-corrected chi connectivity index (χ1v) is 11.0. The van der Waals surface area contributed by atoms with Crippen molar-refractivity contribution in [2.24, 2.45) is 0 Å². The zero-order chi connectivity index (χ0) is 20.8. The number of hydrogen-bond donors (Lipinski definition) is 1. The van der Waals surface area contributed by atoms with Gasteiger partial charge in [-0.3, -0.25) is 4.79 Å². The van der Waals surface area contributed by atoms with Crippen LogP contribution in [0.1, 0.15) is 12.0 Å². The van der Waals surface area contributed by atoms with Gasteiger partial charge in [-0.05, 0) is 24.1 Å². The molecule has 2 aromatic heterocycles. The Labute approximate surface area is 179 Å². The predicted molar refractivity (Wildman–Crippen MR) is 119 cm³/mol. The molecule has 156 valence electrons. The maximum Gasteiger partial charge on any atom is 0.250 e. The first-order valence-electron chi connectivity index (χ1n) is 9.84. The number of aromatic nitrogens is 4. The number of thioether (sulfide) groups is 1. The van der Waals surface area contributed by atoms with Crippen molar-refractivity contribution in [1.82, 2.24) is 19.7 Å². The van der Waals surface area contributed by atoms with E-state index in [9.17, 15) is 4.79 Å². The second-order valence-corrected chi connectivity index (χ2v) is 8.14. The van der Waals surface area contributed by atoms with Crippen molar-refractivity contribution in [2.45, 2.75) is 12.8 Å². The summed E-state index contributed by atoms with van der Waals surface area (Å²) >= 11 is 1.97. The number of aryl methyl sites for hydroxylation is 1. The molecule has 0 saturated carbocycles. The highest BCUT2D eigenvalue weighted by Crippen LogP contribution is 2.18. The smallest absolute Gasteiger partial charge is 0.250 e. The predicted octanol–water partition coefficient (Wildman–Crippen LogP) is 2.80. The summed E-state index contributed by atoms with van der Waals surface area (Å²) in [7, 11) is 1.63. The fourth-order valence-corrected chi connectivity index (χ4v) is 4.13. The lowest BCUT2D eigenvalue weighted by Crippen LogP contribution is -2.32. The molecular weight excluding hydrogens is 400 g/mol. The van der Waals surface area contributed by atoms with Crippen molar-refractivity contribution in [2.75, 3.05) is 41.9 Å². The SMILES string of the molecule is COc1cccc(CCC(=O)Nc2cnn(-c3ncc(N4CCSCC4)cn3)c2)c1. The topological polar surface area (TPSA) is 85.2 Å². The molecule has 3 heterocycles. The molecule has 4 rings (SSSR count). The third kappa shape index (κ3) is 5.10. The maximum atomic E-state index is 12.3. The zero-order valence-electron chi connectivity index (χ0n) is 16.8. The monoisotopic (exact) mass is 424 g/mol. The molecular formula is C21H24N6O2S. The minimum atomic E-state index is -0.0726. The first-order chi connectivity index (χ1) is 14.7. The van der Waals surface area contributed by atoms with Gasteiger partial charge in [0.05, 0.1) is 43.3 Å². The van der Waals surface area contributed by atoms with Crippen LogP contribution in [-0.2, 0) is 11.2 Å². The molecule has 3 aromatic rings. The molecule has 1 amide bonds. The lowest BCUT2D eigenvalue weighted by atomic mass is 10.1. The minimum absolute atomic E-state index is 0.0726. The van der Waals surface area contributed by atoms with Gasteiger partial charge in [0.15, 0.2) is 0 Å². The fraction of sp³-hybridized carbons (Fsp3) is 0.333. The van der Waals surface area contributed by atoms with Crippen molar-refractivity contribution in [1.29, 1.82) is 0 Å². The highest BCUT2D eigenvalue weighted by atomic mass is 32.2. The van der Waals surface area contributed by atoms with Crippen LogP contribution in [0.15, 0.2) is 49.1 Å². The number of nitrogens with one attached hydrogen (secondary N) is 1. The molecule has 0 aliphatic carbocycles. The maximum absolute atomic E-state index is 12.3. The Morgan fingerprint density at radius 1 is 1.20 bits per heavy atom. The van der Waals surface area contributed by atoms with E-state index in [4.69, 9.17) is 4.74 Å². The van der Waals surface area contributed by atoms with Gasteiger partial charge in [0.2, 0.25) is 5.91 Å². The van der Waals surface area contributed by atoms with Crippen LogP contribution in [0.5, 0.6) is 5.75 Å². The van der Waals surface area contributed by atoms with Crippen molar-refractivity contribution in [3.05, 3.63) is 54.6 Å². The molecule has 8 nitrogen and oxygen atoms in total. The molecule has 1 saturated heterocycles. The van der Waals surface area contributed by atoms with E-state index in [0.29, 0.717) is 24.5 Å². The Bertz CT molecular complexity index is 985. The molecule has 0 bridgehead atoms. The molecule has 1 N–H and O–H groups in total. The summed E-state index contributed by atoms with van der Waals surface area (Å²) in [5, 5.41) is 7.14. The summed E-state index contributed by atoms with van der Waals surface area (Å²) in [4.78, 5) is 23.4. The molecule has 0 radical (unpaired) electrons. The van der Waals surface area contributed by atoms with Crippen LogP contribution in [0.3, 0.4) is 0 Å². The normalized spacial score (nSPS) is 13.8. The van der Waals surface area contributed by atoms with E-state index in [0.717, 1.165) is 41.6 Å². The van der Waals surface area contributed by atoms with Gasteiger partial charge in [-0.1, -0.05) is 12.1 Å². The number of benzene rings is 1. The van der Waals surface area contributed by atoms with Crippen LogP contribution in [0.25, 0.3) is 5.95 Å². The number of anilines is 2. The quantitative estimate of drug-likeness (QED) is 0.624. The number of carbonyl (C=O) groups excluding carboxylic acids is 1. The van der Waals surface area contributed by atoms with Gasteiger partial charge in [0.1, 0.15) is 5.75 Å². The molecule has 30 heavy (non-hydrogen) atoms. The van der Waals surface area contributed by atoms with Crippen LogP contribution >= 0.6 is 11.8 Å². The Balaban J connectivity index is 1.32. The van der Waals surface area contributed by atoms with Gasteiger partial charge in [-0.2, -0.15) is 16.9 Å². The summed E-state index contributed by atoms with van der Waals surface area (Å²) in [5.41, 5.74) is 2.70. The van der Waals surface area contributed by atoms with Crippen molar-refractivity contribution in [3.63, 3.8) is 0 Å². The molecule has 0 atom stereocenters. The Kier molecular flexibility index (Phi) is 6.48. The number of nitrogens with zero attached hydrogens (tertiary/aromatic N) is 5. The summed E-state index contributed by atoms with van der Waals surface area (Å²) in [6.07, 6.45) is 7.98. The van der Waals surface area contributed by atoms with E-state index in [1.807, 2.05) is 48.4 Å². The molecule has 1 fully saturated rings. The number of ether oxygens (including phenoxy) is 1. The summed E-state index contributed by atoms with van der Waals surface area (Å²) < 4.78 is 6.78. The van der Waals surface area contributed by atoms with Crippen LogP contribution in [0.2, 0.25) is 0 Å². The summed E-state index contributed by atoms with van der Waals surface area (Å²) in [6, 6.07) is 7.73. The highest BCUT2D eigenvalue weighted by molar-refractivity contribution is 7.99. The standard InChI is InChI=1S/C21H24N6O2S/c1-29-19-4-2-3-16(11-19)5-6-20(28)25-17-12-24-27(15-17)21-22-13-18(14-23-21)26-7-9-30-10-8-26/h2-4,11-15H,5-10H2,1H3,(H,25,28). The third-order valence-corrected chi connectivity index (χ3v) is 5.79. The largest absolute Gasteiger partial charge is 0.497 e. The van der Waals surface area contributed by atoms with Crippen LogP contribution in [-0.4, -0.2) is 57.4 Å². The van der Waals surface area contributed by atoms with Gasteiger partial charge in [-0.25, -0.2) is 14.6 Å². The van der Waals surface area contributed by atoms with E-state index >= 15 is 0 Å². The zero-order valence-corrected chi connectivity index (χ0v) is 17.6. The second-order valence-electron chi connectivity index (χ2n) is 6.91. The summed E-state index contributed by atoms with van der Waals surface area (Å²) in [6.45, 7) is 2.03. The third-order valence-electron chi connectivity index (χ3n) is 4.85. The lowest BCUT2D eigenvalue weighted by molar-refractivity contribution is -0.116. The second kappa shape index (κ2) is 9.62. The Hall–Kier alpha value is -3.07. The molecule has 1 aliphatic rings. The van der Waals surface area contributed by atoms with Crippen molar-refractivity contribution < 1.29 is 9.53 Å². The van der Waals surface area contributed by atoms with Crippen LogP contribution < -0.4 is 15.0 Å². The number of amides is 1. The van der Waals surface area contributed by atoms with Gasteiger partial charge in [-0.15, -0.1) is 0 Å². The Morgan fingerprint density at radius 2 is 2.00 bits per heavy atom. The first kappa shape index (κ1) is 20.2. The van der Waals surface area contributed by atoms with Gasteiger partial charge < -0.3 is 15.0 Å². The lowest BCUT2D eigenvalue weighted by Gasteiger charge is -2.27.